The van der Waals surface area contributed by atoms with Crippen molar-refractivity contribution in [3.05, 3.63) is 12.2 Å². The first-order valence-electron chi connectivity index (χ1n) is 22.7. The lowest BCUT2D eigenvalue weighted by Gasteiger charge is -2.55. The van der Waals surface area contributed by atoms with Crippen LogP contribution in [0.1, 0.15) is 133 Å². The summed E-state index contributed by atoms with van der Waals surface area (Å²) in [5.74, 6) is -7.99. The summed E-state index contributed by atoms with van der Waals surface area (Å²) in [6, 6.07) is -1.91. The van der Waals surface area contributed by atoms with Crippen LogP contribution in [0.3, 0.4) is 0 Å². The van der Waals surface area contributed by atoms with Crippen LogP contribution in [-0.4, -0.2) is 108 Å². The molecule has 0 bridgehead atoms. The van der Waals surface area contributed by atoms with Crippen LogP contribution in [0.2, 0.25) is 0 Å². The lowest BCUT2D eigenvalue weighted by Crippen LogP contribution is -2.66. The second kappa shape index (κ2) is 19.7. The molecule has 5 heterocycles. The molecule has 14 nitrogen and oxygen atoms in total. The fraction of sp³-hybridized carbons (Fsp3) is 0.867. The molecule has 3 amide bonds. The van der Waals surface area contributed by atoms with Crippen molar-refractivity contribution in [3.8, 4) is 0 Å². The van der Waals surface area contributed by atoms with Crippen LogP contribution in [0.15, 0.2) is 12.2 Å². The molecule has 0 unspecified atom stereocenters. The van der Waals surface area contributed by atoms with E-state index in [1.165, 1.54) is 0 Å². The SMILES string of the molecule is CC[C@@H](C(=O)[C@@H](C)[C@@H](O)[C@H](C)[C@@H]1O[C@@H]([C@@H](CC)C(=O)O)CC[C@@H]1C)[C@H]1O[C@]2(C=C[C@@H](NC(=O)NC(=O)C(Cl)(Cl)Cl)[C@]3(CC[C@@](C)([C@H]4CC[C@](O)(CC)[C@H](C)O4)O3)O2)[C@H](C)C[C@@H]1C. The largest absolute Gasteiger partial charge is 0.481 e. The Balaban J connectivity index is 1.41. The molecule has 5 aliphatic heterocycles. The van der Waals surface area contributed by atoms with Crippen LogP contribution in [0.25, 0.3) is 0 Å². The van der Waals surface area contributed by atoms with Crippen LogP contribution in [0, 0.1) is 41.4 Å². The van der Waals surface area contributed by atoms with Crippen LogP contribution in [-0.2, 0) is 38.1 Å². The average molecular weight is 938 g/mol. The third kappa shape index (κ3) is 10.3. The van der Waals surface area contributed by atoms with Crippen LogP contribution in [0.4, 0.5) is 4.79 Å². The number of aliphatic hydroxyl groups is 2. The predicted molar refractivity (Wildman–Crippen MR) is 233 cm³/mol. The second-order valence-electron chi connectivity index (χ2n) is 19.4. The van der Waals surface area contributed by atoms with Gasteiger partial charge in [0, 0.05) is 30.1 Å². The number of halogens is 3. The topological polar surface area (TPSA) is 199 Å². The highest BCUT2D eigenvalue weighted by molar-refractivity contribution is 6.76. The van der Waals surface area contributed by atoms with Gasteiger partial charge in [0.1, 0.15) is 11.8 Å². The standard InChI is InChI=1S/C45H71Cl3N2O12/c1-11-29(38(53)54)31-15-14-23(4)36(59-31)27(8)34(51)26(7)35(52)30(12-2)37-24(5)22-25(6)43(60-37)19-16-32(49-40(56)50-39(55)45(46,47)48)44(62-43)21-20-41(10,61-44)33-17-18-42(57,13-3)28(9)58-33/h16,19,23-34,36-37,51,57H,11-15,17-18,20-22H2,1-10H3,(H,53,54)(H2,49,50,55,56)/t23-,24-,25+,26-,27-,28-,29+,30-,31+,32+,33+,34+,36+,37-,41-,42+,43-,44-/m0/s1. The third-order valence-electron chi connectivity index (χ3n) is 15.3. The number of carbonyl (C=O) groups is 4. The molecule has 0 aromatic rings. The van der Waals surface area contributed by atoms with Gasteiger partial charge in [0.05, 0.1) is 53.7 Å². The molecular weight excluding hydrogens is 867 g/mol. The number of rotatable bonds is 13. The Morgan fingerprint density at radius 1 is 0.887 bits per heavy atom. The van der Waals surface area contributed by atoms with Crippen LogP contribution >= 0.6 is 34.8 Å². The van der Waals surface area contributed by atoms with Gasteiger partial charge in [-0.2, -0.15) is 0 Å². The van der Waals surface area contributed by atoms with E-state index >= 15 is 0 Å². The lowest BCUT2D eigenvalue weighted by molar-refractivity contribution is -0.397. The molecule has 4 fully saturated rings. The highest BCUT2D eigenvalue weighted by Gasteiger charge is 2.63. The van der Waals surface area contributed by atoms with Crippen LogP contribution in [0.5, 0.6) is 0 Å². The number of alkyl halides is 3. The summed E-state index contributed by atoms with van der Waals surface area (Å²) in [6.45, 7) is 19.1. The van der Waals surface area contributed by atoms with Gasteiger partial charge in [0.2, 0.25) is 0 Å². The van der Waals surface area contributed by atoms with Gasteiger partial charge in [-0.3, -0.25) is 19.7 Å². The number of hydrogen-bond donors (Lipinski definition) is 5. The molecule has 0 aliphatic carbocycles. The third-order valence-corrected chi connectivity index (χ3v) is 15.8. The van der Waals surface area contributed by atoms with Crippen molar-refractivity contribution in [2.24, 2.45) is 41.4 Å². The summed E-state index contributed by atoms with van der Waals surface area (Å²) in [4.78, 5) is 52.4. The molecular formula is C45H71Cl3N2O12. The van der Waals surface area contributed by atoms with E-state index < -0.39 is 111 Å². The van der Waals surface area contributed by atoms with Crippen molar-refractivity contribution in [1.29, 1.82) is 0 Å². The molecule has 0 saturated carbocycles. The number of aliphatic carboxylic acids is 1. The highest BCUT2D eigenvalue weighted by Crippen LogP contribution is 2.54. The number of Topliss-reactive ketones (excluding diaryl/α,β-unsaturated/α-hetero) is 1. The Labute approximate surface area is 382 Å². The van der Waals surface area contributed by atoms with Crippen molar-refractivity contribution in [1.82, 2.24) is 10.6 Å². The number of imide groups is 1. The van der Waals surface area contributed by atoms with Gasteiger partial charge < -0.3 is 44.3 Å². The minimum absolute atomic E-state index is 0.0591. The van der Waals surface area contributed by atoms with Gasteiger partial charge in [-0.15, -0.1) is 0 Å². The van der Waals surface area contributed by atoms with Crippen LogP contribution < -0.4 is 10.6 Å². The Morgan fingerprint density at radius 2 is 1.55 bits per heavy atom. The van der Waals surface area contributed by atoms with Gasteiger partial charge in [0.25, 0.3) is 9.70 Å². The van der Waals surface area contributed by atoms with E-state index in [1.807, 2.05) is 62.3 Å². The minimum atomic E-state index is -2.39. The maximum Gasteiger partial charge on any atom is 0.322 e. The maximum atomic E-state index is 14.6. The maximum absolute atomic E-state index is 14.6. The quantitative estimate of drug-likeness (QED) is 0.0908. The Hall–Kier alpha value is -1.59. The minimum Gasteiger partial charge on any atom is -0.481 e. The zero-order valence-corrected chi connectivity index (χ0v) is 40.2. The predicted octanol–water partition coefficient (Wildman–Crippen LogP) is 7.39. The zero-order chi connectivity index (χ0) is 46.3. The van der Waals surface area contributed by atoms with Gasteiger partial charge in [-0.1, -0.05) is 96.3 Å². The monoisotopic (exact) mass is 936 g/mol. The number of carboxylic acid groups (broad SMARTS) is 1. The Bertz CT molecular complexity index is 1670. The van der Waals surface area contributed by atoms with Gasteiger partial charge in [0.15, 0.2) is 11.6 Å². The normalized spacial score (nSPS) is 41.2. The fourth-order valence-electron chi connectivity index (χ4n) is 11.0. The summed E-state index contributed by atoms with van der Waals surface area (Å²) >= 11 is 17.2. The molecule has 62 heavy (non-hydrogen) atoms. The summed E-state index contributed by atoms with van der Waals surface area (Å²) in [6.07, 6.45) is 5.05. The highest BCUT2D eigenvalue weighted by atomic mass is 35.6. The summed E-state index contributed by atoms with van der Waals surface area (Å²) in [5.41, 5.74) is -1.91. The van der Waals surface area contributed by atoms with E-state index in [4.69, 9.17) is 58.5 Å². The molecule has 354 valence electrons. The van der Waals surface area contributed by atoms with E-state index in [1.54, 1.807) is 19.1 Å². The van der Waals surface area contributed by atoms with E-state index in [9.17, 15) is 34.5 Å². The first-order chi connectivity index (χ1) is 28.8. The molecule has 18 atom stereocenters. The lowest BCUT2D eigenvalue weighted by atomic mass is 9.72. The Morgan fingerprint density at radius 3 is 2.13 bits per heavy atom. The summed E-state index contributed by atoms with van der Waals surface area (Å²) in [5, 5.41) is 37.7. The van der Waals surface area contributed by atoms with Gasteiger partial charge in [-0.05, 0) is 89.5 Å². The zero-order valence-electron chi connectivity index (χ0n) is 38.0. The summed E-state index contributed by atoms with van der Waals surface area (Å²) in [7, 11) is 0. The van der Waals surface area contributed by atoms with Crippen molar-refractivity contribution in [3.63, 3.8) is 0 Å². The van der Waals surface area contributed by atoms with E-state index in [-0.39, 0.29) is 30.0 Å². The van der Waals surface area contributed by atoms with E-state index in [0.717, 1.165) is 6.42 Å². The number of ether oxygens (including phenoxy) is 5. The van der Waals surface area contributed by atoms with E-state index in [2.05, 4.69) is 10.6 Å². The number of urea groups is 1. The number of carbonyl (C=O) groups excluding carboxylic acids is 3. The molecule has 17 heteroatoms. The Kier molecular flexibility index (Phi) is 16.3. The molecule has 4 saturated heterocycles. The number of ketones is 1. The van der Waals surface area contributed by atoms with Crippen molar-refractivity contribution in [2.45, 2.75) is 203 Å². The fourth-order valence-corrected chi connectivity index (χ4v) is 11.2. The molecule has 5 rings (SSSR count). The van der Waals surface area contributed by atoms with E-state index in [0.29, 0.717) is 51.4 Å². The second-order valence-corrected chi connectivity index (χ2v) is 21.7. The molecule has 0 radical (unpaired) electrons. The van der Waals surface area contributed by atoms with Crippen molar-refractivity contribution >= 4 is 58.5 Å². The molecule has 5 aliphatic rings. The molecule has 5 N–H and O–H groups in total. The molecule has 0 aromatic carbocycles. The van der Waals surface area contributed by atoms with Crippen molar-refractivity contribution < 1.29 is 58.2 Å². The summed E-state index contributed by atoms with van der Waals surface area (Å²) < 4.78 is 31.7. The first kappa shape index (κ1) is 51.4. The molecule has 2 spiro atoms. The smallest absolute Gasteiger partial charge is 0.322 e. The molecule has 0 aromatic heterocycles. The van der Waals surface area contributed by atoms with Gasteiger partial charge in [-0.25, -0.2) is 4.79 Å². The first-order valence-corrected chi connectivity index (χ1v) is 23.9. The number of carboxylic acids is 1. The number of nitrogens with one attached hydrogen (secondary N) is 2. The van der Waals surface area contributed by atoms with Crippen molar-refractivity contribution in [2.75, 3.05) is 0 Å². The van der Waals surface area contributed by atoms with Gasteiger partial charge >= 0.3 is 12.0 Å². The number of hydrogen-bond acceptors (Lipinski definition) is 11. The average Bonchev–Trinajstić information content (AvgIpc) is 3.55. The number of aliphatic hydroxyl groups excluding tert-OH is 1. The number of amides is 3.